The number of hydrogen-bond acceptors (Lipinski definition) is 8. The van der Waals surface area contributed by atoms with Crippen LogP contribution in [0.4, 0.5) is 4.79 Å². The Kier molecular flexibility index (Phi) is 4.53. The first-order valence-electron chi connectivity index (χ1n) is 7.46. The summed E-state index contributed by atoms with van der Waals surface area (Å²) in [4.78, 5) is 54.0. The van der Waals surface area contributed by atoms with E-state index in [2.05, 4.69) is 9.72 Å². The van der Waals surface area contributed by atoms with Crippen molar-refractivity contribution in [3.05, 3.63) is 27.1 Å². The molecule has 1 fully saturated rings. The number of hydrogen-bond donors (Lipinski definition) is 0. The van der Waals surface area contributed by atoms with E-state index in [-0.39, 0.29) is 25.3 Å². The Hall–Kier alpha value is -2.75. The van der Waals surface area contributed by atoms with Crippen LogP contribution in [0.3, 0.4) is 0 Å². The number of rotatable bonds is 4. The van der Waals surface area contributed by atoms with Gasteiger partial charge in [-0.1, -0.05) is 0 Å². The molecule has 2 amide bonds. The third-order valence-corrected chi connectivity index (χ3v) is 4.99. The first kappa shape index (κ1) is 17.1. The molecule has 0 saturated carbocycles. The van der Waals surface area contributed by atoms with E-state index in [4.69, 9.17) is 4.74 Å². The third-order valence-electron chi connectivity index (χ3n) is 3.87. The molecule has 0 unspecified atom stereocenters. The highest BCUT2D eigenvalue weighted by Gasteiger charge is 2.29. The van der Waals surface area contributed by atoms with Gasteiger partial charge in [-0.15, -0.1) is 11.3 Å². The molecular formula is C15H15N3O6S. The largest absolute Gasteiger partial charge is 0.454 e. The van der Waals surface area contributed by atoms with Crippen molar-refractivity contribution in [1.29, 1.82) is 0 Å². The highest BCUT2D eigenvalue weighted by Crippen LogP contribution is 2.25. The van der Waals surface area contributed by atoms with Crippen LogP contribution in [0.2, 0.25) is 0 Å². The first-order valence-corrected chi connectivity index (χ1v) is 8.28. The van der Waals surface area contributed by atoms with Crippen LogP contribution in [0.1, 0.15) is 10.4 Å². The van der Waals surface area contributed by atoms with E-state index in [9.17, 15) is 19.2 Å². The lowest BCUT2D eigenvalue weighted by Crippen LogP contribution is -2.36. The Labute approximate surface area is 145 Å². The Morgan fingerprint density at radius 3 is 2.80 bits per heavy atom. The van der Waals surface area contributed by atoms with Crippen LogP contribution in [-0.2, 0) is 25.6 Å². The number of ether oxygens (including phenoxy) is 2. The predicted octanol–water partition coefficient (Wildman–Crippen LogP) is 0.597. The van der Waals surface area contributed by atoms with Crippen LogP contribution in [0.15, 0.2) is 11.1 Å². The van der Waals surface area contributed by atoms with Crippen molar-refractivity contribution >= 4 is 39.5 Å². The van der Waals surface area contributed by atoms with E-state index in [1.165, 1.54) is 17.7 Å². The summed E-state index contributed by atoms with van der Waals surface area (Å²) < 4.78 is 10.6. The number of carbonyl (C=O) groups excluding carboxylic acids is 3. The van der Waals surface area contributed by atoms with Gasteiger partial charge in [0, 0.05) is 4.88 Å². The van der Waals surface area contributed by atoms with Crippen molar-refractivity contribution in [3.8, 4) is 0 Å². The number of carbonyl (C=O) groups is 3. The molecule has 1 aliphatic heterocycles. The molecule has 1 saturated heterocycles. The topological polar surface area (TPSA) is 108 Å². The molecule has 0 aromatic carbocycles. The molecule has 1 aliphatic rings. The summed E-state index contributed by atoms with van der Waals surface area (Å²) in [6, 6.07) is 0. The maximum absolute atomic E-state index is 12.5. The molecule has 0 spiro atoms. The van der Waals surface area contributed by atoms with Gasteiger partial charge in [0.2, 0.25) is 0 Å². The van der Waals surface area contributed by atoms with Crippen LogP contribution in [0, 0.1) is 13.8 Å². The molecule has 0 N–H and O–H groups in total. The zero-order chi connectivity index (χ0) is 18.1. The molecule has 10 heteroatoms. The normalized spacial score (nSPS) is 14.0. The van der Waals surface area contributed by atoms with Crippen molar-refractivity contribution < 1.29 is 23.9 Å². The van der Waals surface area contributed by atoms with Crippen LogP contribution >= 0.6 is 11.3 Å². The van der Waals surface area contributed by atoms with Gasteiger partial charge < -0.3 is 9.47 Å². The molecular weight excluding hydrogens is 350 g/mol. The van der Waals surface area contributed by atoms with E-state index in [1.54, 1.807) is 0 Å². The standard InChI is InChI=1S/C15H15N3O6S/c1-8-9(2)25-13-12(8)14(21)17(7-16-13)5-11(20)24-6-10(19)18-3-4-23-15(18)22/h7H,3-6H2,1-2H3. The lowest BCUT2D eigenvalue weighted by molar-refractivity contribution is -0.151. The Balaban J connectivity index is 1.67. The highest BCUT2D eigenvalue weighted by atomic mass is 32.1. The lowest BCUT2D eigenvalue weighted by Gasteiger charge is -2.11. The molecule has 0 atom stereocenters. The summed E-state index contributed by atoms with van der Waals surface area (Å²) in [5.74, 6) is -1.44. The fraction of sp³-hybridized carbons (Fsp3) is 0.400. The summed E-state index contributed by atoms with van der Waals surface area (Å²) in [7, 11) is 0. The van der Waals surface area contributed by atoms with Crippen molar-refractivity contribution in [2.45, 2.75) is 20.4 Å². The number of amides is 2. The zero-order valence-corrected chi connectivity index (χ0v) is 14.4. The molecule has 3 heterocycles. The SMILES string of the molecule is Cc1sc2ncn(CC(=O)OCC(=O)N3CCOC3=O)c(=O)c2c1C. The summed E-state index contributed by atoms with van der Waals surface area (Å²) in [5, 5.41) is 0.480. The van der Waals surface area contributed by atoms with Gasteiger partial charge in [0.05, 0.1) is 18.3 Å². The number of aromatic nitrogens is 2. The molecule has 2 aromatic heterocycles. The molecule has 2 aromatic rings. The average Bonchev–Trinajstić information content (AvgIpc) is 3.12. The summed E-state index contributed by atoms with van der Waals surface area (Å²) >= 11 is 1.41. The van der Waals surface area contributed by atoms with Gasteiger partial charge in [0.1, 0.15) is 18.0 Å². The second kappa shape index (κ2) is 6.63. The van der Waals surface area contributed by atoms with Gasteiger partial charge >= 0.3 is 12.1 Å². The first-order chi connectivity index (χ1) is 11.9. The second-order valence-electron chi connectivity index (χ2n) is 5.46. The summed E-state index contributed by atoms with van der Waals surface area (Å²) in [6.07, 6.45) is 0.524. The fourth-order valence-electron chi connectivity index (χ4n) is 2.41. The molecule has 25 heavy (non-hydrogen) atoms. The van der Waals surface area contributed by atoms with Gasteiger partial charge in [0.25, 0.3) is 11.5 Å². The van der Waals surface area contributed by atoms with Gasteiger partial charge in [-0.05, 0) is 19.4 Å². The minimum atomic E-state index is -0.770. The van der Waals surface area contributed by atoms with E-state index in [1.807, 2.05) is 13.8 Å². The van der Waals surface area contributed by atoms with Crippen molar-refractivity contribution in [1.82, 2.24) is 14.5 Å². The van der Waals surface area contributed by atoms with Crippen molar-refractivity contribution in [3.63, 3.8) is 0 Å². The van der Waals surface area contributed by atoms with Gasteiger partial charge in [-0.2, -0.15) is 0 Å². The van der Waals surface area contributed by atoms with Gasteiger partial charge in [0.15, 0.2) is 6.61 Å². The number of nitrogens with zero attached hydrogens (tertiary/aromatic N) is 3. The number of imide groups is 1. The molecule has 0 radical (unpaired) electrons. The molecule has 3 rings (SSSR count). The van der Waals surface area contributed by atoms with E-state index in [0.717, 1.165) is 19.9 Å². The van der Waals surface area contributed by atoms with Crippen molar-refractivity contribution in [2.24, 2.45) is 0 Å². The molecule has 0 aliphatic carbocycles. The molecule has 132 valence electrons. The van der Waals surface area contributed by atoms with Crippen LogP contribution in [0.5, 0.6) is 0 Å². The maximum Gasteiger partial charge on any atom is 0.416 e. The third kappa shape index (κ3) is 3.25. The van der Waals surface area contributed by atoms with Crippen LogP contribution in [-0.4, -0.2) is 52.2 Å². The summed E-state index contributed by atoms with van der Waals surface area (Å²) in [5.41, 5.74) is 0.501. The second-order valence-corrected chi connectivity index (χ2v) is 6.66. The van der Waals surface area contributed by atoms with Crippen LogP contribution < -0.4 is 5.56 Å². The Morgan fingerprint density at radius 1 is 1.36 bits per heavy atom. The molecule has 9 nitrogen and oxygen atoms in total. The number of aryl methyl sites for hydroxylation is 2. The predicted molar refractivity (Wildman–Crippen MR) is 87.4 cm³/mol. The van der Waals surface area contributed by atoms with Crippen LogP contribution in [0.25, 0.3) is 10.2 Å². The zero-order valence-electron chi connectivity index (χ0n) is 13.6. The van der Waals surface area contributed by atoms with Gasteiger partial charge in [-0.3, -0.25) is 19.0 Å². The summed E-state index contributed by atoms with van der Waals surface area (Å²) in [6.45, 7) is 3.02. The maximum atomic E-state index is 12.5. The van der Waals surface area contributed by atoms with E-state index >= 15 is 0 Å². The number of fused-ring (bicyclic) bond motifs is 1. The average molecular weight is 365 g/mol. The minimum absolute atomic E-state index is 0.124. The highest BCUT2D eigenvalue weighted by molar-refractivity contribution is 7.18. The molecule has 0 bridgehead atoms. The lowest BCUT2D eigenvalue weighted by atomic mass is 10.2. The van der Waals surface area contributed by atoms with Gasteiger partial charge in [-0.25, -0.2) is 14.7 Å². The van der Waals surface area contributed by atoms with E-state index in [0.29, 0.717) is 10.2 Å². The number of esters is 1. The van der Waals surface area contributed by atoms with Crippen molar-refractivity contribution in [2.75, 3.05) is 19.8 Å². The Morgan fingerprint density at radius 2 is 2.12 bits per heavy atom. The smallest absolute Gasteiger partial charge is 0.416 e. The quantitative estimate of drug-likeness (QED) is 0.730. The number of cyclic esters (lactones) is 1. The van der Waals surface area contributed by atoms with E-state index < -0.39 is 24.6 Å². The monoisotopic (exact) mass is 365 g/mol. The minimum Gasteiger partial charge on any atom is -0.454 e. The Bertz CT molecular complexity index is 931. The fourth-order valence-corrected chi connectivity index (χ4v) is 3.39. The number of thiophene rings is 1.